The van der Waals surface area contributed by atoms with Gasteiger partial charge in [-0.05, 0) is 42.0 Å². The van der Waals surface area contributed by atoms with Crippen molar-refractivity contribution in [2.24, 2.45) is 0 Å². The summed E-state index contributed by atoms with van der Waals surface area (Å²) in [5, 5.41) is 0.344. The summed E-state index contributed by atoms with van der Waals surface area (Å²) in [6.07, 6.45) is 3.24. The van der Waals surface area contributed by atoms with Crippen molar-refractivity contribution in [2.75, 3.05) is 11.4 Å². The third-order valence-electron chi connectivity index (χ3n) is 5.11. The van der Waals surface area contributed by atoms with Crippen molar-refractivity contribution in [3.8, 4) is 0 Å². The fraction of sp³-hybridized carbons (Fsp3) is 0.0870. The number of benzene rings is 2. The molecule has 5 rings (SSSR count). The van der Waals surface area contributed by atoms with Crippen LogP contribution in [0.25, 0.3) is 10.2 Å². The fourth-order valence-corrected chi connectivity index (χ4v) is 4.55. The highest BCUT2D eigenvalue weighted by atomic mass is 32.1. The number of nitrogens with zero attached hydrogens (tertiary/aromatic N) is 4. The van der Waals surface area contributed by atoms with Gasteiger partial charge in [-0.3, -0.25) is 29.2 Å². The van der Waals surface area contributed by atoms with E-state index in [4.69, 9.17) is 0 Å². The summed E-state index contributed by atoms with van der Waals surface area (Å²) >= 11 is 1.16. The van der Waals surface area contributed by atoms with Crippen LogP contribution in [0.1, 0.15) is 26.3 Å². The number of amides is 3. The van der Waals surface area contributed by atoms with Gasteiger partial charge in [-0.1, -0.05) is 29.5 Å². The average Bonchev–Trinajstić information content (AvgIpc) is 3.32. The zero-order valence-electron chi connectivity index (χ0n) is 16.6. The predicted octanol–water partition coefficient (Wildman–Crippen LogP) is 3.66. The normalized spacial score (nSPS) is 13.0. The predicted molar refractivity (Wildman–Crippen MR) is 117 cm³/mol. The zero-order chi connectivity index (χ0) is 22.2. The number of halogens is 1. The first kappa shape index (κ1) is 20.0. The molecule has 2 aromatic carbocycles. The minimum atomic E-state index is -0.508. The fourth-order valence-electron chi connectivity index (χ4n) is 3.54. The molecule has 0 radical (unpaired) electrons. The molecule has 0 atom stereocenters. The molecule has 3 amide bonds. The van der Waals surface area contributed by atoms with E-state index in [1.807, 2.05) is 6.07 Å². The highest BCUT2D eigenvalue weighted by Gasteiger charge is 2.37. The summed E-state index contributed by atoms with van der Waals surface area (Å²) in [7, 11) is 0. The third-order valence-corrected chi connectivity index (χ3v) is 6.15. The molecule has 1 aliphatic rings. The summed E-state index contributed by atoms with van der Waals surface area (Å²) in [5.74, 6) is -1.90. The van der Waals surface area contributed by atoms with Gasteiger partial charge in [-0.15, -0.1) is 0 Å². The quantitative estimate of drug-likeness (QED) is 0.437. The Labute approximate surface area is 185 Å². The van der Waals surface area contributed by atoms with Crippen LogP contribution < -0.4 is 4.90 Å². The van der Waals surface area contributed by atoms with Gasteiger partial charge >= 0.3 is 0 Å². The van der Waals surface area contributed by atoms with Crippen molar-refractivity contribution in [2.45, 2.75) is 6.54 Å². The largest absolute Gasteiger partial charge is 0.282 e. The SMILES string of the molecule is O=C1c2ccccc2C(=O)N1CC(=O)N(Cc1cccnc1)c1nc2ccc(F)cc2s1. The molecule has 32 heavy (non-hydrogen) atoms. The molecule has 7 nitrogen and oxygen atoms in total. The van der Waals surface area contributed by atoms with Gasteiger partial charge in [0.25, 0.3) is 11.8 Å². The van der Waals surface area contributed by atoms with E-state index in [0.29, 0.717) is 15.3 Å². The van der Waals surface area contributed by atoms with Crippen LogP contribution in [0.3, 0.4) is 0 Å². The molecule has 4 aromatic rings. The molecule has 0 saturated heterocycles. The van der Waals surface area contributed by atoms with Crippen LogP contribution in [-0.4, -0.2) is 39.1 Å². The molecule has 9 heteroatoms. The average molecular weight is 446 g/mol. The first-order valence-electron chi connectivity index (χ1n) is 9.72. The smallest absolute Gasteiger partial charge is 0.262 e. The van der Waals surface area contributed by atoms with Crippen LogP contribution >= 0.6 is 11.3 Å². The van der Waals surface area contributed by atoms with Gasteiger partial charge in [-0.25, -0.2) is 9.37 Å². The number of aromatic nitrogens is 2. The van der Waals surface area contributed by atoms with E-state index >= 15 is 0 Å². The molecule has 2 aromatic heterocycles. The second-order valence-electron chi connectivity index (χ2n) is 7.19. The molecule has 3 heterocycles. The number of imide groups is 1. The second kappa shape index (κ2) is 7.93. The monoisotopic (exact) mass is 446 g/mol. The molecule has 0 N–H and O–H groups in total. The van der Waals surface area contributed by atoms with Gasteiger partial charge in [0.2, 0.25) is 5.91 Å². The molecular formula is C23H15FN4O3S. The van der Waals surface area contributed by atoms with Gasteiger partial charge in [0, 0.05) is 12.4 Å². The number of fused-ring (bicyclic) bond motifs is 2. The third kappa shape index (κ3) is 3.52. The Kier molecular flexibility index (Phi) is 4.95. The lowest BCUT2D eigenvalue weighted by atomic mass is 10.1. The van der Waals surface area contributed by atoms with E-state index in [0.717, 1.165) is 21.8 Å². The summed E-state index contributed by atoms with van der Waals surface area (Å²) in [4.78, 5) is 49.6. The minimum Gasteiger partial charge on any atom is -0.282 e. The maximum atomic E-state index is 13.6. The highest BCUT2D eigenvalue weighted by molar-refractivity contribution is 7.22. The van der Waals surface area contributed by atoms with Crippen LogP contribution in [0.2, 0.25) is 0 Å². The van der Waals surface area contributed by atoms with E-state index < -0.39 is 30.1 Å². The molecule has 0 unspecified atom stereocenters. The summed E-state index contributed by atoms with van der Waals surface area (Å²) in [6, 6.07) is 14.2. The summed E-state index contributed by atoms with van der Waals surface area (Å²) in [5.41, 5.74) is 1.85. The van der Waals surface area contributed by atoms with E-state index in [2.05, 4.69) is 9.97 Å². The molecule has 1 aliphatic heterocycles. The number of carbonyl (C=O) groups is 3. The van der Waals surface area contributed by atoms with Gasteiger partial charge in [0.1, 0.15) is 12.4 Å². The second-order valence-corrected chi connectivity index (χ2v) is 8.20. The van der Waals surface area contributed by atoms with Crippen LogP contribution in [0, 0.1) is 5.82 Å². The van der Waals surface area contributed by atoms with Gasteiger partial charge < -0.3 is 0 Å². The van der Waals surface area contributed by atoms with E-state index in [9.17, 15) is 18.8 Å². The van der Waals surface area contributed by atoms with E-state index in [1.165, 1.54) is 17.0 Å². The van der Waals surface area contributed by atoms with Crippen molar-refractivity contribution in [3.05, 3.63) is 89.5 Å². The van der Waals surface area contributed by atoms with Crippen molar-refractivity contribution in [3.63, 3.8) is 0 Å². The maximum absolute atomic E-state index is 13.6. The lowest BCUT2D eigenvalue weighted by Crippen LogP contribution is -2.42. The Balaban J connectivity index is 1.48. The lowest BCUT2D eigenvalue weighted by molar-refractivity contribution is -0.119. The number of anilines is 1. The summed E-state index contributed by atoms with van der Waals surface area (Å²) in [6.45, 7) is -0.297. The van der Waals surface area contributed by atoms with Gasteiger partial charge in [-0.2, -0.15) is 0 Å². The number of rotatable bonds is 5. The lowest BCUT2D eigenvalue weighted by Gasteiger charge is -2.22. The number of hydrogen-bond donors (Lipinski definition) is 0. The first-order valence-corrected chi connectivity index (χ1v) is 10.5. The van der Waals surface area contributed by atoms with Crippen molar-refractivity contribution in [1.82, 2.24) is 14.9 Å². The highest BCUT2D eigenvalue weighted by Crippen LogP contribution is 2.31. The van der Waals surface area contributed by atoms with Crippen molar-refractivity contribution >= 4 is 44.4 Å². The molecule has 158 valence electrons. The van der Waals surface area contributed by atoms with Crippen molar-refractivity contribution < 1.29 is 18.8 Å². The molecular weight excluding hydrogens is 431 g/mol. The standard InChI is InChI=1S/C23H15FN4O3S/c24-15-7-8-18-19(10-15)32-23(26-18)27(12-14-4-3-9-25-11-14)20(29)13-28-21(30)16-5-1-2-6-17(16)22(28)31/h1-11H,12-13H2. The van der Waals surface area contributed by atoms with Crippen molar-refractivity contribution in [1.29, 1.82) is 0 Å². The maximum Gasteiger partial charge on any atom is 0.262 e. The minimum absolute atomic E-state index is 0.137. The Morgan fingerprint density at radius 2 is 1.78 bits per heavy atom. The van der Waals surface area contributed by atoms with E-state index in [-0.39, 0.29) is 17.7 Å². The Hall–Kier alpha value is -3.98. The molecule has 0 spiro atoms. The first-order chi connectivity index (χ1) is 15.5. The van der Waals surface area contributed by atoms with Crippen LogP contribution in [0.5, 0.6) is 0 Å². The molecule has 0 aliphatic carbocycles. The zero-order valence-corrected chi connectivity index (χ0v) is 17.4. The van der Waals surface area contributed by atoms with Gasteiger partial charge in [0.15, 0.2) is 5.13 Å². The topological polar surface area (TPSA) is 83.5 Å². The van der Waals surface area contributed by atoms with Gasteiger partial charge in [0.05, 0.1) is 27.9 Å². The summed E-state index contributed by atoms with van der Waals surface area (Å²) < 4.78 is 14.2. The van der Waals surface area contributed by atoms with Crippen LogP contribution in [-0.2, 0) is 11.3 Å². The number of thiazole rings is 1. The Bertz CT molecular complexity index is 1340. The van der Waals surface area contributed by atoms with Crippen LogP contribution in [0.4, 0.5) is 9.52 Å². The number of carbonyl (C=O) groups excluding carboxylic acids is 3. The number of hydrogen-bond acceptors (Lipinski definition) is 6. The molecule has 0 bridgehead atoms. The molecule has 0 fully saturated rings. The Morgan fingerprint density at radius 1 is 1.03 bits per heavy atom. The molecule has 0 saturated carbocycles. The Morgan fingerprint density at radius 3 is 2.47 bits per heavy atom. The number of pyridine rings is 1. The van der Waals surface area contributed by atoms with Crippen LogP contribution in [0.15, 0.2) is 67.0 Å². The van der Waals surface area contributed by atoms with E-state index in [1.54, 1.807) is 48.8 Å².